The zero-order chi connectivity index (χ0) is 20.2. The smallest absolute Gasteiger partial charge is 0.275 e. The predicted octanol–water partition coefficient (Wildman–Crippen LogP) is 4.25. The van der Waals surface area contributed by atoms with Gasteiger partial charge in [0.1, 0.15) is 12.1 Å². The summed E-state index contributed by atoms with van der Waals surface area (Å²) in [6.45, 7) is 1.74. The maximum absolute atomic E-state index is 13.1. The third-order valence-corrected chi connectivity index (χ3v) is 5.08. The summed E-state index contributed by atoms with van der Waals surface area (Å²) in [6.07, 6.45) is 3.70. The molecule has 1 heterocycles. The lowest BCUT2D eigenvalue weighted by atomic mass is 10.2. The molecule has 150 valence electrons. The Kier molecular flexibility index (Phi) is 5.71. The zero-order valence-electron chi connectivity index (χ0n) is 16.4. The molecule has 0 bridgehead atoms. The second kappa shape index (κ2) is 8.57. The van der Waals surface area contributed by atoms with Crippen LogP contribution in [0.15, 0.2) is 65.3 Å². The Morgan fingerprint density at radius 1 is 1.03 bits per heavy atom. The van der Waals surface area contributed by atoms with Gasteiger partial charge in [0.05, 0.1) is 6.54 Å². The number of benzene rings is 2. The molecule has 1 aromatic heterocycles. The summed E-state index contributed by atoms with van der Waals surface area (Å²) in [5.41, 5.74) is 2.42. The molecule has 5 nitrogen and oxygen atoms in total. The molecule has 4 rings (SSSR count). The van der Waals surface area contributed by atoms with E-state index in [1.165, 1.54) is 18.4 Å². The van der Waals surface area contributed by atoms with Crippen molar-refractivity contribution in [1.29, 1.82) is 0 Å². The molecular weight excluding hydrogens is 369 g/mol. The largest absolute Gasteiger partial charge is 0.447 e. The van der Waals surface area contributed by atoms with Crippen molar-refractivity contribution in [1.82, 2.24) is 14.8 Å². The highest BCUT2D eigenvalue weighted by Crippen LogP contribution is 2.29. The van der Waals surface area contributed by atoms with Crippen LogP contribution in [0.2, 0.25) is 0 Å². The van der Waals surface area contributed by atoms with Crippen LogP contribution in [0, 0.1) is 5.82 Å². The quantitative estimate of drug-likeness (QED) is 0.574. The highest BCUT2D eigenvalue weighted by atomic mass is 19.1. The number of carbonyl (C=O) groups excluding carboxylic acids is 1. The van der Waals surface area contributed by atoms with Gasteiger partial charge in [0, 0.05) is 26.2 Å². The van der Waals surface area contributed by atoms with Crippen LogP contribution < -0.4 is 0 Å². The first-order valence-corrected chi connectivity index (χ1v) is 9.81. The Hall–Kier alpha value is -2.99. The van der Waals surface area contributed by atoms with E-state index in [4.69, 9.17) is 4.42 Å². The van der Waals surface area contributed by atoms with E-state index in [1.54, 1.807) is 24.1 Å². The maximum atomic E-state index is 13.1. The van der Waals surface area contributed by atoms with Crippen molar-refractivity contribution < 1.29 is 13.6 Å². The fourth-order valence-corrected chi connectivity index (χ4v) is 3.36. The van der Waals surface area contributed by atoms with Gasteiger partial charge in [0.25, 0.3) is 5.91 Å². The molecule has 3 aromatic rings. The Labute approximate surface area is 169 Å². The third-order valence-electron chi connectivity index (χ3n) is 5.08. The average molecular weight is 393 g/mol. The second-order valence-corrected chi connectivity index (χ2v) is 7.54. The van der Waals surface area contributed by atoms with Crippen molar-refractivity contribution in [2.75, 3.05) is 7.05 Å². The van der Waals surface area contributed by atoms with Crippen molar-refractivity contribution in [2.24, 2.45) is 0 Å². The van der Waals surface area contributed by atoms with Gasteiger partial charge in [0.2, 0.25) is 5.89 Å². The molecule has 1 aliphatic rings. The van der Waals surface area contributed by atoms with E-state index in [1.807, 2.05) is 30.3 Å². The van der Waals surface area contributed by atoms with Crippen LogP contribution in [0.25, 0.3) is 0 Å². The molecule has 0 radical (unpaired) electrons. The van der Waals surface area contributed by atoms with Gasteiger partial charge in [-0.1, -0.05) is 42.5 Å². The van der Waals surface area contributed by atoms with Gasteiger partial charge in [-0.2, -0.15) is 0 Å². The highest BCUT2D eigenvalue weighted by Gasteiger charge is 2.30. The van der Waals surface area contributed by atoms with Crippen molar-refractivity contribution in [3.63, 3.8) is 0 Å². The lowest BCUT2D eigenvalue weighted by molar-refractivity contribution is 0.0779. The van der Waals surface area contributed by atoms with Crippen molar-refractivity contribution in [3.05, 3.63) is 89.4 Å². The number of hydrogen-bond donors (Lipinski definition) is 0. The first-order chi connectivity index (χ1) is 14.1. The molecule has 1 saturated carbocycles. The van der Waals surface area contributed by atoms with Gasteiger partial charge in [0.15, 0.2) is 5.69 Å². The summed E-state index contributed by atoms with van der Waals surface area (Å²) < 4.78 is 18.7. The fraction of sp³-hybridized carbons (Fsp3) is 0.304. The van der Waals surface area contributed by atoms with Crippen LogP contribution in [0.5, 0.6) is 0 Å². The van der Waals surface area contributed by atoms with Gasteiger partial charge in [-0.25, -0.2) is 9.37 Å². The van der Waals surface area contributed by atoms with Gasteiger partial charge in [-0.05, 0) is 36.1 Å². The van der Waals surface area contributed by atoms with E-state index in [0.717, 1.165) is 24.0 Å². The summed E-state index contributed by atoms with van der Waals surface area (Å²) in [5.74, 6) is 0.123. The number of halogens is 1. The van der Waals surface area contributed by atoms with Crippen LogP contribution in [-0.2, 0) is 19.6 Å². The molecule has 0 N–H and O–H groups in total. The molecule has 0 spiro atoms. The fourth-order valence-electron chi connectivity index (χ4n) is 3.36. The number of hydrogen-bond acceptors (Lipinski definition) is 4. The highest BCUT2D eigenvalue weighted by molar-refractivity contribution is 5.91. The van der Waals surface area contributed by atoms with E-state index in [9.17, 15) is 9.18 Å². The van der Waals surface area contributed by atoms with E-state index >= 15 is 0 Å². The molecule has 2 aromatic carbocycles. The van der Waals surface area contributed by atoms with E-state index in [0.29, 0.717) is 37.3 Å². The summed E-state index contributed by atoms with van der Waals surface area (Å²) in [7, 11) is 1.76. The predicted molar refractivity (Wildman–Crippen MR) is 107 cm³/mol. The Morgan fingerprint density at radius 2 is 1.72 bits per heavy atom. The van der Waals surface area contributed by atoms with Gasteiger partial charge in [-0.15, -0.1) is 0 Å². The summed E-state index contributed by atoms with van der Waals surface area (Å²) in [6, 6.07) is 16.9. The lowest BCUT2D eigenvalue weighted by Gasteiger charge is -2.20. The van der Waals surface area contributed by atoms with Crippen LogP contribution in [0.3, 0.4) is 0 Å². The minimum atomic E-state index is -0.234. The van der Waals surface area contributed by atoms with Gasteiger partial charge < -0.3 is 9.32 Å². The number of amides is 1. The number of nitrogens with zero attached hydrogens (tertiary/aromatic N) is 3. The standard InChI is InChI=1S/C23H24FN3O2/c1-26(13-17-5-3-2-4-6-17)23(28)21-16-29-22(25-21)15-27(20-11-12-20)14-18-7-9-19(24)10-8-18/h2-10,16,20H,11-15H2,1H3. The van der Waals surface area contributed by atoms with Crippen LogP contribution in [0.4, 0.5) is 4.39 Å². The Bertz CT molecular complexity index is 952. The Balaban J connectivity index is 1.39. The number of rotatable bonds is 8. The maximum Gasteiger partial charge on any atom is 0.275 e. The van der Waals surface area contributed by atoms with Crippen LogP contribution in [-0.4, -0.2) is 33.8 Å². The minimum absolute atomic E-state index is 0.166. The third kappa shape index (κ3) is 5.09. The average Bonchev–Trinajstić information content (AvgIpc) is 3.48. The normalized spacial score (nSPS) is 13.6. The molecule has 0 aliphatic heterocycles. The number of oxazole rings is 1. The molecule has 0 saturated heterocycles. The molecule has 1 aliphatic carbocycles. The monoisotopic (exact) mass is 393 g/mol. The molecule has 1 amide bonds. The number of aromatic nitrogens is 1. The van der Waals surface area contributed by atoms with Crippen LogP contribution >= 0.6 is 0 Å². The van der Waals surface area contributed by atoms with Crippen molar-refractivity contribution in [2.45, 2.75) is 38.5 Å². The first-order valence-electron chi connectivity index (χ1n) is 9.81. The molecule has 1 fully saturated rings. The van der Waals surface area contributed by atoms with E-state index in [2.05, 4.69) is 9.88 Å². The molecule has 29 heavy (non-hydrogen) atoms. The summed E-state index contributed by atoms with van der Waals surface area (Å²) in [5, 5.41) is 0. The minimum Gasteiger partial charge on any atom is -0.447 e. The van der Waals surface area contributed by atoms with E-state index in [-0.39, 0.29) is 11.7 Å². The topological polar surface area (TPSA) is 49.6 Å². The van der Waals surface area contributed by atoms with E-state index < -0.39 is 0 Å². The SMILES string of the molecule is CN(Cc1ccccc1)C(=O)c1coc(CN(Cc2ccc(F)cc2)C2CC2)n1. The number of carbonyl (C=O) groups is 1. The molecule has 0 unspecified atom stereocenters. The Morgan fingerprint density at radius 3 is 2.41 bits per heavy atom. The molecular formula is C23H24FN3O2. The second-order valence-electron chi connectivity index (χ2n) is 7.54. The first kappa shape index (κ1) is 19.3. The lowest BCUT2D eigenvalue weighted by Crippen LogP contribution is -2.27. The zero-order valence-corrected chi connectivity index (χ0v) is 16.4. The van der Waals surface area contributed by atoms with Crippen molar-refractivity contribution >= 4 is 5.91 Å². The van der Waals surface area contributed by atoms with Gasteiger partial charge >= 0.3 is 0 Å². The summed E-state index contributed by atoms with van der Waals surface area (Å²) >= 11 is 0. The molecule has 6 heteroatoms. The molecule has 0 atom stereocenters. The van der Waals surface area contributed by atoms with Crippen LogP contribution in [0.1, 0.15) is 40.3 Å². The summed E-state index contributed by atoms with van der Waals surface area (Å²) in [4.78, 5) is 21.0. The van der Waals surface area contributed by atoms with Gasteiger partial charge in [-0.3, -0.25) is 9.69 Å². The van der Waals surface area contributed by atoms with Crippen molar-refractivity contribution in [3.8, 4) is 0 Å².